The zero-order valence-corrected chi connectivity index (χ0v) is 20.6. The van der Waals surface area contributed by atoms with Gasteiger partial charge in [-0.05, 0) is 71.2 Å². The van der Waals surface area contributed by atoms with E-state index in [1.54, 1.807) is 6.08 Å². The minimum atomic E-state index is -0.0756. The van der Waals surface area contributed by atoms with Crippen molar-refractivity contribution in [3.63, 3.8) is 0 Å². The Balaban J connectivity index is 1.38. The van der Waals surface area contributed by atoms with E-state index in [1.807, 2.05) is 12.2 Å². The second-order valence-electron chi connectivity index (χ2n) is 10.3. The summed E-state index contributed by atoms with van der Waals surface area (Å²) in [6, 6.07) is 11.4. The molecular formula is C28H40N4O. The molecule has 1 saturated carbocycles. The summed E-state index contributed by atoms with van der Waals surface area (Å²) in [6.45, 7) is 8.75. The first kappa shape index (κ1) is 23.6. The van der Waals surface area contributed by atoms with Crippen LogP contribution in [0.25, 0.3) is 0 Å². The maximum atomic E-state index is 13.1. The van der Waals surface area contributed by atoms with Crippen molar-refractivity contribution >= 4 is 6.03 Å². The zero-order chi connectivity index (χ0) is 23.5. The molecule has 1 aromatic rings. The van der Waals surface area contributed by atoms with Gasteiger partial charge in [0, 0.05) is 36.9 Å². The van der Waals surface area contributed by atoms with Crippen LogP contribution in [0.3, 0.4) is 0 Å². The molecular weight excluding hydrogens is 408 g/mol. The van der Waals surface area contributed by atoms with Gasteiger partial charge in [-0.1, -0.05) is 55.1 Å². The number of carbonyl (C=O) groups excluding carboxylic acids is 1. The molecule has 2 aliphatic heterocycles. The number of hydrogen-bond acceptors (Lipinski definition) is 3. The van der Waals surface area contributed by atoms with E-state index in [2.05, 4.69) is 84.0 Å². The van der Waals surface area contributed by atoms with Gasteiger partial charge >= 0.3 is 6.03 Å². The first-order valence-electron chi connectivity index (χ1n) is 12.4. The summed E-state index contributed by atoms with van der Waals surface area (Å²) < 4.78 is 0. The quantitative estimate of drug-likeness (QED) is 0.630. The van der Waals surface area contributed by atoms with Crippen molar-refractivity contribution in [2.75, 3.05) is 33.7 Å². The van der Waals surface area contributed by atoms with Gasteiger partial charge in [0.2, 0.25) is 0 Å². The molecule has 4 rings (SSSR count). The Morgan fingerprint density at radius 3 is 2.36 bits per heavy atom. The van der Waals surface area contributed by atoms with Crippen LogP contribution in [0.5, 0.6) is 0 Å². The van der Waals surface area contributed by atoms with Crippen molar-refractivity contribution in [3.8, 4) is 0 Å². The summed E-state index contributed by atoms with van der Waals surface area (Å²) in [5, 5.41) is 3.44. The number of nitrogens with zero attached hydrogens (tertiary/aromatic N) is 3. The average molecular weight is 449 g/mol. The Bertz CT molecular complexity index is 888. The highest BCUT2D eigenvalue weighted by molar-refractivity contribution is 5.78. The molecule has 5 nitrogen and oxygen atoms in total. The first-order valence-corrected chi connectivity index (χ1v) is 12.4. The zero-order valence-electron chi connectivity index (χ0n) is 20.6. The Morgan fingerprint density at radius 1 is 1.09 bits per heavy atom. The maximum absolute atomic E-state index is 13.1. The van der Waals surface area contributed by atoms with Gasteiger partial charge < -0.3 is 15.1 Å². The first-order chi connectivity index (χ1) is 15.9. The van der Waals surface area contributed by atoms with Gasteiger partial charge in [-0.15, -0.1) is 0 Å². The Hall–Kier alpha value is -2.53. The molecule has 5 heteroatoms. The van der Waals surface area contributed by atoms with Crippen LogP contribution in [0.4, 0.5) is 4.79 Å². The molecule has 0 unspecified atom stereocenters. The summed E-state index contributed by atoms with van der Waals surface area (Å²) >= 11 is 0. The molecule has 2 saturated heterocycles. The normalized spacial score (nSPS) is 29.3. The van der Waals surface area contributed by atoms with Crippen LogP contribution >= 0.6 is 0 Å². The second kappa shape index (κ2) is 9.76. The molecule has 1 aromatic carbocycles. The predicted octanol–water partition coefficient (Wildman–Crippen LogP) is 4.89. The minimum absolute atomic E-state index is 0.0555. The van der Waals surface area contributed by atoms with Crippen LogP contribution in [-0.4, -0.2) is 66.0 Å². The highest BCUT2D eigenvalue weighted by Gasteiger charge is 2.51. The van der Waals surface area contributed by atoms with Gasteiger partial charge in [0.05, 0.1) is 5.54 Å². The Kier molecular flexibility index (Phi) is 6.99. The smallest absolute Gasteiger partial charge is 0.318 e. The molecule has 0 bridgehead atoms. The van der Waals surface area contributed by atoms with Crippen molar-refractivity contribution in [2.24, 2.45) is 0 Å². The van der Waals surface area contributed by atoms with E-state index < -0.39 is 0 Å². The molecule has 1 aliphatic carbocycles. The lowest BCUT2D eigenvalue weighted by molar-refractivity contribution is 0.0586. The van der Waals surface area contributed by atoms with Gasteiger partial charge in [-0.2, -0.15) is 0 Å². The lowest BCUT2D eigenvalue weighted by Crippen LogP contribution is -2.54. The molecule has 33 heavy (non-hydrogen) atoms. The van der Waals surface area contributed by atoms with Crippen LogP contribution in [-0.2, 0) is 5.54 Å². The topological polar surface area (TPSA) is 38.8 Å². The number of carbonyl (C=O) groups is 1. The van der Waals surface area contributed by atoms with Crippen molar-refractivity contribution < 1.29 is 4.79 Å². The summed E-state index contributed by atoms with van der Waals surface area (Å²) in [5.74, 6) is 0. The number of amides is 2. The number of rotatable bonds is 6. The van der Waals surface area contributed by atoms with Crippen LogP contribution in [0.1, 0.15) is 51.0 Å². The van der Waals surface area contributed by atoms with E-state index in [0.29, 0.717) is 6.04 Å². The second-order valence-corrected chi connectivity index (χ2v) is 10.3. The number of hydrogen-bond donors (Lipinski definition) is 1. The van der Waals surface area contributed by atoms with E-state index in [4.69, 9.17) is 0 Å². The molecule has 3 aliphatic rings. The number of urea groups is 1. The third kappa shape index (κ3) is 4.74. The number of allylic oxidation sites excluding steroid dienone is 5. The third-order valence-corrected chi connectivity index (χ3v) is 8.30. The minimum Gasteiger partial charge on any atom is -0.375 e. The summed E-state index contributed by atoms with van der Waals surface area (Å²) in [5.41, 5.74) is 2.65. The monoisotopic (exact) mass is 448 g/mol. The summed E-state index contributed by atoms with van der Waals surface area (Å²) in [6.07, 6.45) is 14.2. The molecule has 2 amide bonds. The lowest BCUT2D eigenvalue weighted by Gasteiger charge is -2.49. The fourth-order valence-corrected chi connectivity index (χ4v) is 6.11. The molecule has 0 radical (unpaired) electrons. The average Bonchev–Trinajstić information content (AvgIpc) is 3.16. The third-order valence-electron chi connectivity index (χ3n) is 8.30. The lowest BCUT2D eigenvalue weighted by atomic mass is 9.69. The van der Waals surface area contributed by atoms with Crippen LogP contribution in [0.2, 0.25) is 0 Å². The van der Waals surface area contributed by atoms with Crippen molar-refractivity contribution in [1.29, 1.82) is 0 Å². The van der Waals surface area contributed by atoms with Crippen molar-refractivity contribution in [3.05, 3.63) is 72.5 Å². The molecule has 178 valence electrons. The standard InChI is InChI=1S/C28H40N4O/c1-5-6-8-11-23(2)31-20-14-25(15-21-31)32-22-27(29-26(32)33)16-18-28(19-17-27,30(3)4)24-12-9-7-10-13-24/h5-13,25H,1,14-22H2,2-4H3,(H,29,33)/b8-6-,23-11+. The molecule has 0 atom stereocenters. The van der Waals surface area contributed by atoms with E-state index >= 15 is 0 Å². The number of nitrogens with one attached hydrogen (secondary N) is 1. The SMILES string of the molecule is C=C/C=C\C=C(/C)N1CCC(N2CC3(CCC(c4ccccc4)(N(C)C)CC3)NC2=O)CC1. The van der Waals surface area contributed by atoms with Crippen LogP contribution < -0.4 is 5.32 Å². The highest BCUT2D eigenvalue weighted by Crippen LogP contribution is 2.46. The molecule has 0 aromatic heterocycles. The van der Waals surface area contributed by atoms with Crippen LogP contribution in [0.15, 0.2) is 66.9 Å². The van der Waals surface area contributed by atoms with Crippen molar-refractivity contribution in [2.45, 2.75) is 62.6 Å². The summed E-state index contributed by atoms with van der Waals surface area (Å²) in [4.78, 5) is 20.0. The molecule has 1 spiro atoms. The molecule has 3 fully saturated rings. The number of benzene rings is 1. The maximum Gasteiger partial charge on any atom is 0.318 e. The Labute approximate surface area is 199 Å². The summed E-state index contributed by atoms with van der Waals surface area (Å²) in [7, 11) is 4.39. The number of piperidine rings is 1. The largest absolute Gasteiger partial charge is 0.375 e. The van der Waals surface area contributed by atoms with E-state index in [-0.39, 0.29) is 17.1 Å². The Morgan fingerprint density at radius 2 is 1.76 bits per heavy atom. The number of likely N-dealkylation sites (tertiary alicyclic amines) is 1. The molecule has 2 heterocycles. The van der Waals surface area contributed by atoms with Gasteiger partial charge in [-0.25, -0.2) is 4.79 Å². The van der Waals surface area contributed by atoms with Gasteiger partial charge in [0.25, 0.3) is 0 Å². The van der Waals surface area contributed by atoms with Crippen LogP contribution in [0, 0.1) is 0 Å². The van der Waals surface area contributed by atoms with E-state index in [1.165, 1.54) is 11.3 Å². The predicted molar refractivity (Wildman–Crippen MR) is 136 cm³/mol. The molecule has 1 N–H and O–H groups in total. The van der Waals surface area contributed by atoms with Gasteiger partial charge in [0.15, 0.2) is 0 Å². The van der Waals surface area contributed by atoms with Gasteiger partial charge in [0.1, 0.15) is 0 Å². The fourth-order valence-electron chi connectivity index (χ4n) is 6.11. The van der Waals surface area contributed by atoms with E-state index in [0.717, 1.165) is 58.2 Å². The van der Waals surface area contributed by atoms with Gasteiger partial charge in [-0.3, -0.25) is 4.90 Å². The highest BCUT2D eigenvalue weighted by atomic mass is 16.2. The van der Waals surface area contributed by atoms with Crippen molar-refractivity contribution in [1.82, 2.24) is 20.0 Å². The van der Waals surface area contributed by atoms with E-state index in [9.17, 15) is 4.79 Å². The fraction of sp³-hybridized carbons (Fsp3) is 0.536.